The summed E-state index contributed by atoms with van der Waals surface area (Å²) in [5.41, 5.74) is 2.09. The number of benzene rings is 1. The van der Waals surface area contributed by atoms with E-state index in [9.17, 15) is 4.79 Å². The molecule has 1 N–H and O–H groups in total. The minimum absolute atomic E-state index is 0.220. The van der Waals surface area contributed by atoms with Gasteiger partial charge in [0.25, 0.3) is 5.91 Å². The highest BCUT2D eigenvalue weighted by Crippen LogP contribution is 2.29. The largest absolute Gasteiger partial charge is 0.469 e. The van der Waals surface area contributed by atoms with Crippen LogP contribution >= 0.6 is 27.5 Å². The van der Waals surface area contributed by atoms with Crippen molar-refractivity contribution in [2.75, 3.05) is 5.32 Å². The predicted octanol–water partition coefficient (Wildman–Crippen LogP) is 4.56. The van der Waals surface area contributed by atoms with Gasteiger partial charge in [0.1, 0.15) is 5.76 Å². The third kappa shape index (κ3) is 2.60. The van der Waals surface area contributed by atoms with Crippen molar-refractivity contribution in [3.63, 3.8) is 0 Å². The number of amides is 1. The van der Waals surface area contributed by atoms with Crippen molar-refractivity contribution < 1.29 is 9.21 Å². The van der Waals surface area contributed by atoms with E-state index in [4.69, 9.17) is 16.0 Å². The minimum atomic E-state index is -0.220. The van der Waals surface area contributed by atoms with E-state index in [0.717, 1.165) is 10.0 Å². The molecule has 0 aliphatic heterocycles. The SMILES string of the molecule is Cc1cc(Br)c(NC(=O)c2ccoc2C)cc1Cl. The summed E-state index contributed by atoms with van der Waals surface area (Å²) in [6.45, 7) is 3.64. The van der Waals surface area contributed by atoms with E-state index in [-0.39, 0.29) is 5.91 Å². The van der Waals surface area contributed by atoms with E-state index in [1.165, 1.54) is 6.26 Å². The molecule has 0 fully saturated rings. The van der Waals surface area contributed by atoms with E-state index in [2.05, 4.69) is 21.2 Å². The zero-order valence-electron chi connectivity index (χ0n) is 9.88. The second kappa shape index (κ2) is 5.16. The molecule has 0 spiro atoms. The Labute approximate surface area is 118 Å². The van der Waals surface area contributed by atoms with Crippen molar-refractivity contribution in [3.8, 4) is 0 Å². The van der Waals surface area contributed by atoms with Crippen LogP contribution in [0.4, 0.5) is 5.69 Å². The van der Waals surface area contributed by atoms with Gasteiger partial charge in [0, 0.05) is 9.50 Å². The van der Waals surface area contributed by atoms with Gasteiger partial charge in [-0.15, -0.1) is 0 Å². The first-order chi connectivity index (χ1) is 8.49. The molecule has 0 aliphatic carbocycles. The number of furan rings is 1. The molecule has 2 aromatic rings. The number of aryl methyl sites for hydroxylation is 2. The number of carbonyl (C=O) groups excluding carboxylic acids is 1. The van der Waals surface area contributed by atoms with E-state index >= 15 is 0 Å². The molecule has 0 radical (unpaired) electrons. The molecule has 1 aromatic heterocycles. The monoisotopic (exact) mass is 327 g/mol. The van der Waals surface area contributed by atoms with Crippen LogP contribution in [-0.4, -0.2) is 5.91 Å². The highest BCUT2D eigenvalue weighted by atomic mass is 79.9. The summed E-state index contributed by atoms with van der Waals surface area (Å²) in [5, 5.41) is 3.40. The fourth-order valence-electron chi connectivity index (χ4n) is 1.55. The minimum Gasteiger partial charge on any atom is -0.469 e. The topological polar surface area (TPSA) is 42.2 Å². The second-order valence-corrected chi connectivity index (χ2v) is 5.19. The number of nitrogens with one attached hydrogen (secondary N) is 1. The third-order valence-corrected chi connectivity index (χ3v) is 3.66. The summed E-state index contributed by atoms with van der Waals surface area (Å²) in [7, 11) is 0. The molecule has 1 heterocycles. The van der Waals surface area contributed by atoms with Gasteiger partial charge in [-0.25, -0.2) is 0 Å². The van der Waals surface area contributed by atoms with Crippen molar-refractivity contribution in [2.24, 2.45) is 0 Å². The number of carbonyl (C=O) groups is 1. The van der Waals surface area contributed by atoms with Gasteiger partial charge in [0.15, 0.2) is 0 Å². The van der Waals surface area contributed by atoms with Crippen molar-refractivity contribution in [1.29, 1.82) is 0 Å². The molecule has 0 unspecified atom stereocenters. The third-order valence-electron chi connectivity index (χ3n) is 2.60. The van der Waals surface area contributed by atoms with Crippen LogP contribution in [0.3, 0.4) is 0 Å². The molecular formula is C13H11BrClNO2. The lowest BCUT2D eigenvalue weighted by Crippen LogP contribution is -2.12. The molecule has 0 bridgehead atoms. The van der Waals surface area contributed by atoms with Gasteiger partial charge >= 0.3 is 0 Å². The van der Waals surface area contributed by atoms with Crippen molar-refractivity contribution in [2.45, 2.75) is 13.8 Å². The number of hydrogen-bond donors (Lipinski definition) is 1. The van der Waals surface area contributed by atoms with E-state index < -0.39 is 0 Å². The van der Waals surface area contributed by atoms with Crippen LogP contribution in [0.5, 0.6) is 0 Å². The zero-order valence-corrected chi connectivity index (χ0v) is 12.2. The Kier molecular flexibility index (Phi) is 3.78. The van der Waals surface area contributed by atoms with Crippen LogP contribution in [0.2, 0.25) is 5.02 Å². The Morgan fingerprint density at radius 1 is 1.39 bits per heavy atom. The lowest BCUT2D eigenvalue weighted by Gasteiger charge is -2.09. The number of anilines is 1. The van der Waals surface area contributed by atoms with Crippen LogP contribution in [0.1, 0.15) is 21.7 Å². The molecular weight excluding hydrogens is 318 g/mol. The number of hydrogen-bond acceptors (Lipinski definition) is 2. The zero-order chi connectivity index (χ0) is 13.3. The van der Waals surface area contributed by atoms with Gasteiger partial charge in [-0.05, 0) is 53.5 Å². The van der Waals surface area contributed by atoms with Crippen LogP contribution in [-0.2, 0) is 0 Å². The molecule has 94 valence electrons. The van der Waals surface area contributed by atoms with Gasteiger partial charge in [-0.1, -0.05) is 11.6 Å². The smallest absolute Gasteiger partial charge is 0.259 e. The Morgan fingerprint density at radius 2 is 2.11 bits per heavy atom. The summed E-state index contributed by atoms with van der Waals surface area (Å²) < 4.78 is 5.89. The summed E-state index contributed by atoms with van der Waals surface area (Å²) in [6.07, 6.45) is 1.49. The van der Waals surface area contributed by atoms with Gasteiger partial charge in [-0.2, -0.15) is 0 Å². The summed E-state index contributed by atoms with van der Waals surface area (Å²) in [6, 6.07) is 5.21. The molecule has 0 aliphatic rings. The Balaban J connectivity index is 2.28. The maximum atomic E-state index is 12.0. The van der Waals surface area contributed by atoms with Crippen molar-refractivity contribution >= 4 is 39.1 Å². The Morgan fingerprint density at radius 3 is 2.72 bits per heavy atom. The normalized spacial score (nSPS) is 10.4. The molecule has 3 nitrogen and oxygen atoms in total. The standard InChI is InChI=1S/C13H11BrClNO2/c1-7-5-10(14)12(6-11(7)15)16-13(17)9-3-4-18-8(9)2/h3-6H,1-2H3,(H,16,17). The summed E-state index contributed by atoms with van der Waals surface area (Å²) in [5.74, 6) is 0.365. The first-order valence-electron chi connectivity index (χ1n) is 5.30. The van der Waals surface area contributed by atoms with Crippen LogP contribution in [0.15, 0.2) is 33.4 Å². The molecule has 18 heavy (non-hydrogen) atoms. The average molecular weight is 329 g/mol. The fourth-order valence-corrected chi connectivity index (χ4v) is 2.27. The number of halogens is 2. The lowest BCUT2D eigenvalue weighted by atomic mass is 10.2. The van der Waals surface area contributed by atoms with E-state index in [0.29, 0.717) is 22.0 Å². The van der Waals surface area contributed by atoms with Crippen LogP contribution in [0, 0.1) is 13.8 Å². The van der Waals surface area contributed by atoms with Gasteiger partial charge in [-0.3, -0.25) is 4.79 Å². The second-order valence-electron chi connectivity index (χ2n) is 3.93. The highest BCUT2D eigenvalue weighted by Gasteiger charge is 2.13. The molecule has 0 atom stereocenters. The van der Waals surface area contributed by atoms with Gasteiger partial charge < -0.3 is 9.73 Å². The first-order valence-corrected chi connectivity index (χ1v) is 6.47. The molecule has 0 saturated heterocycles. The van der Waals surface area contributed by atoms with Gasteiger partial charge in [0.2, 0.25) is 0 Å². The quantitative estimate of drug-likeness (QED) is 0.877. The maximum Gasteiger partial charge on any atom is 0.259 e. The lowest BCUT2D eigenvalue weighted by molar-refractivity contribution is 0.102. The first kappa shape index (κ1) is 13.2. The fraction of sp³-hybridized carbons (Fsp3) is 0.154. The number of rotatable bonds is 2. The van der Waals surface area contributed by atoms with Crippen molar-refractivity contribution in [1.82, 2.24) is 0 Å². The molecule has 1 amide bonds. The Hall–Kier alpha value is -1.26. The average Bonchev–Trinajstić information content (AvgIpc) is 2.72. The summed E-state index contributed by atoms with van der Waals surface area (Å²) in [4.78, 5) is 12.0. The molecule has 5 heteroatoms. The molecule has 2 rings (SSSR count). The van der Waals surface area contributed by atoms with Crippen molar-refractivity contribution in [3.05, 3.63) is 50.8 Å². The van der Waals surface area contributed by atoms with Crippen LogP contribution in [0.25, 0.3) is 0 Å². The summed E-state index contributed by atoms with van der Waals surface area (Å²) >= 11 is 9.43. The van der Waals surface area contributed by atoms with Crippen LogP contribution < -0.4 is 5.32 Å². The Bertz CT molecular complexity index is 607. The molecule has 1 aromatic carbocycles. The van der Waals surface area contributed by atoms with E-state index in [1.807, 2.05) is 13.0 Å². The van der Waals surface area contributed by atoms with Gasteiger partial charge in [0.05, 0.1) is 17.5 Å². The predicted molar refractivity (Wildman–Crippen MR) is 75.3 cm³/mol. The maximum absolute atomic E-state index is 12.0. The molecule has 0 saturated carbocycles. The van der Waals surface area contributed by atoms with E-state index in [1.54, 1.807) is 19.1 Å². The highest BCUT2D eigenvalue weighted by molar-refractivity contribution is 9.10.